The van der Waals surface area contributed by atoms with Crippen molar-refractivity contribution in [1.82, 2.24) is 15.3 Å². The first-order valence-electron chi connectivity index (χ1n) is 6.05. The molecule has 1 heterocycles. The van der Waals surface area contributed by atoms with Crippen molar-refractivity contribution in [2.45, 2.75) is 20.8 Å². The quantitative estimate of drug-likeness (QED) is 0.703. The van der Waals surface area contributed by atoms with Gasteiger partial charge in [-0.15, -0.1) is 0 Å². The molecule has 0 aromatic carbocycles. The molecule has 0 aliphatic rings. The molecule has 0 atom stereocenters. The lowest BCUT2D eigenvalue weighted by Gasteiger charge is -2.10. The molecule has 0 bridgehead atoms. The van der Waals surface area contributed by atoms with E-state index in [0.29, 0.717) is 24.2 Å². The highest BCUT2D eigenvalue weighted by Gasteiger charge is 2.04. The predicted molar refractivity (Wildman–Crippen MR) is 72.7 cm³/mol. The fraction of sp³-hybridized carbons (Fsp3) is 0.583. The molecule has 1 aromatic rings. The van der Waals surface area contributed by atoms with Crippen molar-refractivity contribution in [2.24, 2.45) is 5.92 Å². The summed E-state index contributed by atoms with van der Waals surface area (Å²) in [6, 6.07) is 1.80. The topological polar surface area (TPSA) is 78.9 Å². The van der Waals surface area contributed by atoms with E-state index in [4.69, 9.17) is 0 Å². The number of nitrogens with zero attached hydrogens (tertiary/aromatic N) is 2. The minimum atomic E-state index is -0.0361. The highest BCUT2D eigenvalue weighted by Crippen LogP contribution is 2.08. The van der Waals surface area contributed by atoms with Gasteiger partial charge in [-0.25, -0.2) is 4.98 Å². The van der Waals surface area contributed by atoms with E-state index in [1.165, 1.54) is 0 Å². The minimum Gasteiger partial charge on any atom is -0.361 e. The van der Waals surface area contributed by atoms with Gasteiger partial charge in [-0.05, 0) is 12.8 Å². The number of anilines is 2. The number of carbonyl (C=O) groups excluding carboxylic acids is 1. The zero-order valence-corrected chi connectivity index (χ0v) is 11.4. The Morgan fingerprint density at radius 1 is 1.39 bits per heavy atom. The van der Waals surface area contributed by atoms with Gasteiger partial charge in [-0.1, -0.05) is 13.8 Å². The molecule has 0 radical (unpaired) electrons. The first-order valence-corrected chi connectivity index (χ1v) is 6.05. The van der Waals surface area contributed by atoms with E-state index in [1.807, 2.05) is 6.92 Å². The second kappa shape index (κ2) is 6.78. The van der Waals surface area contributed by atoms with Crippen LogP contribution in [-0.2, 0) is 4.79 Å². The van der Waals surface area contributed by atoms with Crippen LogP contribution in [0.3, 0.4) is 0 Å². The van der Waals surface area contributed by atoms with Gasteiger partial charge in [0, 0.05) is 25.4 Å². The standard InChI is InChI=1S/C12H21N5O/c1-8(2)6-15-11(18)7-14-10-5-9(3)16-12(13-4)17-10/h5,8H,6-7H2,1-4H3,(H,15,18)(H2,13,14,16,17). The van der Waals surface area contributed by atoms with Crippen LogP contribution in [0.25, 0.3) is 0 Å². The van der Waals surface area contributed by atoms with Crippen LogP contribution in [0, 0.1) is 12.8 Å². The van der Waals surface area contributed by atoms with Gasteiger partial charge in [0.15, 0.2) is 0 Å². The minimum absolute atomic E-state index is 0.0361. The zero-order valence-electron chi connectivity index (χ0n) is 11.4. The van der Waals surface area contributed by atoms with Crippen LogP contribution in [0.15, 0.2) is 6.07 Å². The van der Waals surface area contributed by atoms with Crippen LogP contribution in [0.1, 0.15) is 19.5 Å². The maximum atomic E-state index is 11.5. The van der Waals surface area contributed by atoms with Crippen molar-refractivity contribution in [3.8, 4) is 0 Å². The summed E-state index contributed by atoms with van der Waals surface area (Å²) in [5.41, 5.74) is 0.847. The molecule has 0 aliphatic carbocycles. The number of aromatic nitrogens is 2. The molecule has 0 saturated heterocycles. The van der Waals surface area contributed by atoms with Crippen molar-refractivity contribution in [1.29, 1.82) is 0 Å². The number of aryl methyl sites for hydroxylation is 1. The summed E-state index contributed by atoms with van der Waals surface area (Å²) in [6.07, 6.45) is 0. The summed E-state index contributed by atoms with van der Waals surface area (Å²) in [6.45, 7) is 6.89. The SMILES string of the molecule is CNc1nc(C)cc(NCC(=O)NCC(C)C)n1. The van der Waals surface area contributed by atoms with Crippen molar-refractivity contribution in [2.75, 3.05) is 30.8 Å². The van der Waals surface area contributed by atoms with Crippen LogP contribution in [0.4, 0.5) is 11.8 Å². The smallest absolute Gasteiger partial charge is 0.239 e. The summed E-state index contributed by atoms with van der Waals surface area (Å²) in [4.78, 5) is 19.9. The van der Waals surface area contributed by atoms with Gasteiger partial charge >= 0.3 is 0 Å². The Morgan fingerprint density at radius 2 is 2.11 bits per heavy atom. The lowest BCUT2D eigenvalue weighted by atomic mass is 10.2. The highest BCUT2D eigenvalue weighted by atomic mass is 16.1. The predicted octanol–water partition coefficient (Wildman–Crippen LogP) is 1.01. The van der Waals surface area contributed by atoms with Gasteiger partial charge in [0.25, 0.3) is 0 Å². The van der Waals surface area contributed by atoms with Crippen molar-refractivity contribution in [3.05, 3.63) is 11.8 Å². The Labute approximate surface area is 108 Å². The summed E-state index contributed by atoms with van der Waals surface area (Å²) >= 11 is 0. The number of hydrogen-bond acceptors (Lipinski definition) is 5. The third-order valence-corrected chi connectivity index (χ3v) is 2.22. The molecule has 1 rings (SSSR count). The van der Waals surface area contributed by atoms with Gasteiger partial charge in [0.05, 0.1) is 6.54 Å². The first kappa shape index (κ1) is 14.2. The van der Waals surface area contributed by atoms with Gasteiger partial charge < -0.3 is 16.0 Å². The maximum absolute atomic E-state index is 11.5. The lowest BCUT2D eigenvalue weighted by molar-refractivity contribution is -0.119. The Bertz CT molecular complexity index is 405. The van der Waals surface area contributed by atoms with E-state index in [9.17, 15) is 4.79 Å². The monoisotopic (exact) mass is 251 g/mol. The number of hydrogen-bond donors (Lipinski definition) is 3. The van der Waals surface area contributed by atoms with Gasteiger partial charge in [0.2, 0.25) is 11.9 Å². The number of carbonyl (C=O) groups is 1. The van der Waals surface area contributed by atoms with Crippen molar-refractivity contribution in [3.63, 3.8) is 0 Å². The molecule has 0 fully saturated rings. The normalized spacial score (nSPS) is 10.3. The zero-order chi connectivity index (χ0) is 13.5. The van der Waals surface area contributed by atoms with Crippen LogP contribution in [-0.4, -0.2) is 36.0 Å². The van der Waals surface area contributed by atoms with Gasteiger partial charge in [0.1, 0.15) is 5.82 Å². The lowest BCUT2D eigenvalue weighted by Crippen LogP contribution is -2.32. The van der Waals surface area contributed by atoms with Crippen LogP contribution < -0.4 is 16.0 Å². The second-order valence-corrected chi connectivity index (χ2v) is 4.52. The molecule has 1 amide bonds. The van der Waals surface area contributed by atoms with Crippen molar-refractivity contribution < 1.29 is 4.79 Å². The number of nitrogens with one attached hydrogen (secondary N) is 3. The second-order valence-electron chi connectivity index (χ2n) is 4.52. The summed E-state index contributed by atoms with van der Waals surface area (Å²) in [5.74, 6) is 1.60. The summed E-state index contributed by atoms with van der Waals surface area (Å²) in [5, 5.41) is 8.69. The first-order chi connectivity index (χ1) is 8.51. The van der Waals surface area contributed by atoms with Gasteiger partial charge in [-0.2, -0.15) is 4.98 Å². The van der Waals surface area contributed by atoms with E-state index >= 15 is 0 Å². The Morgan fingerprint density at radius 3 is 2.72 bits per heavy atom. The van der Waals surface area contributed by atoms with Crippen molar-refractivity contribution >= 4 is 17.7 Å². The summed E-state index contributed by atoms with van der Waals surface area (Å²) < 4.78 is 0. The van der Waals surface area contributed by atoms with Crippen LogP contribution in [0.2, 0.25) is 0 Å². The molecular weight excluding hydrogens is 230 g/mol. The average Bonchev–Trinajstić information content (AvgIpc) is 2.33. The fourth-order valence-electron chi connectivity index (χ4n) is 1.32. The molecule has 3 N–H and O–H groups in total. The largest absolute Gasteiger partial charge is 0.361 e. The molecule has 1 aromatic heterocycles. The number of rotatable bonds is 6. The molecule has 6 nitrogen and oxygen atoms in total. The summed E-state index contributed by atoms with van der Waals surface area (Å²) in [7, 11) is 1.76. The van der Waals surface area contributed by atoms with Crippen LogP contribution in [0.5, 0.6) is 0 Å². The molecule has 6 heteroatoms. The molecule has 0 aliphatic heterocycles. The average molecular weight is 251 g/mol. The molecular formula is C12H21N5O. The van der Waals surface area contributed by atoms with Gasteiger partial charge in [-0.3, -0.25) is 4.79 Å². The third kappa shape index (κ3) is 4.99. The van der Waals surface area contributed by atoms with E-state index in [1.54, 1.807) is 13.1 Å². The van der Waals surface area contributed by atoms with Crippen LogP contribution >= 0.6 is 0 Å². The highest BCUT2D eigenvalue weighted by molar-refractivity contribution is 5.80. The Hall–Kier alpha value is -1.85. The number of amides is 1. The third-order valence-electron chi connectivity index (χ3n) is 2.22. The molecule has 0 unspecified atom stereocenters. The Balaban J connectivity index is 2.47. The molecule has 100 valence electrons. The Kier molecular flexibility index (Phi) is 5.35. The van der Waals surface area contributed by atoms with E-state index in [-0.39, 0.29) is 12.5 Å². The maximum Gasteiger partial charge on any atom is 0.239 e. The molecule has 18 heavy (non-hydrogen) atoms. The van der Waals surface area contributed by atoms with E-state index in [2.05, 4.69) is 39.8 Å². The van der Waals surface area contributed by atoms with E-state index in [0.717, 1.165) is 5.69 Å². The molecule has 0 spiro atoms. The fourth-order valence-corrected chi connectivity index (χ4v) is 1.32. The van der Waals surface area contributed by atoms with E-state index < -0.39 is 0 Å². The molecule has 0 saturated carbocycles.